The van der Waals surface area contributed by atoms with E-state index in [1.807, 2.05) is 0 Å². The number of rotatable bonds is 6. The highest BCUT2D eigenvalue weighted by molar-refractivity contribution is 6.08. The molecule has 2 N–H and O–H groups in total. The van der Waals surface area contributed by atoms with Crippen LogP contribution < -0.4 is 0 Å². The first kappa shape index (κ1) is 17.1. The molecule has 0 saturated heterocycles. The summed E-state index contributed by atoms with van der Waals surface area (Å²) in [7, 11) is 0. The normalized spacial score (nSPS) is 17.3. The number of hydrogen-bond acceptors (Lipinski definition) is 6. The SMILES string of the molecule is CC(=O)C1=C(O)C(=O)N(CCC(=O)O)[C@H]1c1cccc([N+](=O)[O-])c1. The number of aliphatic hydroxyl groups excluding tert-OH is 1. The molecule has 126 valence electrons. The molecule has 0 unspecified atom stereocenters. The first-order valence-corrected chi connectivity index (χ1v) is 6.95. The minimum atomic E-state index is -1.16. The Hall–Kier alpha value is -3.23. The Morgan fingerprint density at radius 2 is 2.04 bits per heavy atom. The quantitative estimate of drug-likeness (QED) is 0.591. The van der Waals surface area contributed by atoms with Crippen molar-refractivity contribution < 1.29 is 29.5 Å². The van der Waals surface area contributed by atoms with E-state index >= 15 is 0 Å². The second kappa shape index (κ2) is 6.49. The Kier molecular flexibility index (Phi) is 4.63. The maximum Gasteiger partial charge on any atom is 0.305 e. The van der Waals surface area contributed by atoms with Crippen LogP contribution in [-0.2, 0) is 14.4 Å². The highest BCUT2D eigenvalue weighted by atomic mass is 16.6. The van der Waals surface area contributed by atoms with Crippen LogP contribution in [0.3, 0.4) is 0 Å². The molecule has 2 rings (SSSR count). The maximum absolute atomic E-state index is 12.2. The van der Waals surface area contributed by atoms with Crippen molar-refractivity contribution in [2.75, 3.05) is 6.54 Å². The van der Waals surface area contributed by atoms with Crippen molar-refractivity contribution in [3.05, 3.63) is 51.3 Å². The lowest BCUT2D eigenvalue weighted by Crippen LogP contribution is -2.33. The fourth-order valence-corrected chi connectivity index (χ4v) is 2.61. The van der Waals surface area contributed by atoms with Crippen molar-refractivity contribution in [3.63, 3.8) is 0 Å². The number of carbonyl (C=O) groups is 3. The van der Waals surface area contributed by atoms with Gasteiger partial charge in [0.1, 0.15) is 0 Å². The number of carboxylic acids is 1. The molecular formula is C15H14N2O7. The molecule has 0 aliphatic carbocycles. The molecule has 0 saturated carbocycles. The predicted molar refractivity (Wildman–Crippen MR) is 80.1 cm³/mol. The van der Waals surface area contributed by atoms with Crippen molar-refractivity contribution in [1.82, 2.24) is 4.90 Å². The number of carbonyl (C=O) groups excluding carboxylic acids is 2. The van der Waals surface area contributed by atoms with Crippen LogP contribution in [0.4, 0.5) is 5.69 Å². The van der Waals surface area contributed by atoms with Gasteiger partial charge in [0, 0.05) is 18.7 Å². The van der Waals surface area contributed by atoms with Gasteiger partial charge >= 0.3 is 5.97 Å². The summed E-state index contributed by atoms with van der Waals surface area (Å²) in [5.74, 6) is -3.37. The van der Waals surface area contributed by atoms with E-state index < -0.39 is 40.8 Å². The van der Waals surface area contributed by atoms with E-state index in [0.717, 1.165) is 11.8 Å². The number of benzene rings is 1. The molecule has 1 aromatic carbocycles. The zero-order chi connectivity index (χ0) is 18.0. The van der Waals surface area contributed by atoms with Gasteiger partial charge in [-0.3, -0.25) is 24.5 Å². The zero-order valence-corrected chi connectivity index (χ0v) is 12.6. The van der Waals surface area contributed by atoms with Crippen LogP contribution in [0.25, 0.3) is 0 Å². The lowest BCUT2D eigenvalue weighted by atomic mass is 9.96. The Bertz CT molecular complexity index is 769. The van der Waals surface area contributed by atoms with Gasteiger partial charge in [-0.15, -0.1) is 0 Å². The van der Waals surface area contributed by atoms with Gasteiger partial charge in [0.05, 0.1) is 23.0 Å². The van der Waals surface area contributed by atoms with Gasteiger partial charge in [-0.05, 0) is 12.5 Å². The molecule has 0 fully saturated rings. The van der Waals surface area contributed by atoms with Gasteiger partial charge in [0.2, 0.25) is 0 Å². The number of aliphatic hydroxyl groups is 1. The third-order valence-corrected chi connectivity index (χ3v) is 3.65. The summed E-state index contributed by atoms with van der Waals surface area (Å²) in [6.45, 7) is 0.909. The summed E-state index contributed by atoms with van der Waals surface area (Å²) >= 11 is 0. The second-order valence-corrected chi connectivity index (χ2v) is 5.22. The monoisotopic (exact) mass is 334 g/mol. The van der Waals surface area contributed by atoms with Gasteiger partial charge < -0.3 is 15.1 Å². The number of Topliss-reactive ketones (excluding diaryl/α,β-unsaturated/α-hetero) is 1. The lowest BCUT2D eigenvalue weighted by molar-refractivity contribution is -0.384. The zero-order valence-electron chi connectivity index (χ0n) is 12.6. The molecule has 0 radical (unpaired) electrons. The average molecular weight is 334 g/mol. The minimum absolute atomic E-state index is 0.203. The largest absolute Gasteiger partial charge is 0.503 e. The molecule has 1 aliphatic rings. The van der Waals surface area contributed by atoms with Crippen LogP contribution in [0, 0.1) is 10.1 Å². The van der Waals surface area contributed by atoms with E-state index in [9.17, 15) is 29.6 Å². The molecule has 0 spiro atoms. The summed E-state index contributed by atoms with van der Waals surface area (Å²) in [5.41, 5.74) is -0.199. The number of nitro benzene ring substituents is 1. The molecule has 24 heavy (non-hydrogen) atoms. The van der Waals surface area contributed by atoms with Gasteiger partial charge in [0.15, 0.2) is 11.5 Å². The molecule has 1 aliphatic heterocycles. The third-order valence-electron chi connectivity index (χ3n) is 3.65. The number of hydrogen-bond donors (Lipinski definition) is 2. The van der Waals surface area contributed by atoms with Crippen molar-refractivity contribution in [2.24, 2.45) is 0 Å². The number of ketones is 1. The summed E-state index contributed by atoms with van der Waals surface area (Å²) in [6, 6.07) is 4.24. The fraction of sp³-hybridized carbons (Fsp3) is 0.267. The van der Waals surface area contributed by atoms with E-state index in [-0.39, 0.29) is 23.4 Å². The second-order valence-electron chi connectivity index (χ2n) is 5.22. The van der Waals surface area contributed by atoms with Crippen LogP contribution >= 0.6 is 0 Å². The van der Waals surface area contributed by atoms with Crippen LogP contribution in [-0.4, -0.2) is 44.2 Å². The molecule has 1 atom stereocenters. The number of non-ortho nitro benzene ring substituents is 1. The third kappa shape index (κ3) is 3.09. The van der Waals surface area contributed by atoms with Gasteiger partial charge in [0.25, 0.3) is 11.6 Å². The molecule has 9 nitrogen and oxygen atoms in total. The van der Waals surface area contributed by atoms with Crippen LogP contribution in [0.1, 0.15) is 24.9 Å². The Labute approximate surface area is 136 Å². The Balaban J connectivity index is 2.52. The van der Waals surface area contributed by atoms with Crippen LogP contribution in [0.2, 0.25) is 0 Å². The summed E-state index contributed by atoms with van der Waals surface area (Å²) in [6.07, 6.45) is -0.393. The van der Waals surface area contributed by atoms with E-state index in [4.69, 9.17) is 5.11 Å². The smallest absolute Gasteiger partial charge is 0.305 e. The van der Waals surface area contributed by atoms with Crippen molar-refractivity contribution in [1.29, 1.82) is 0 Å². The highest BCUT2D eigenvalue weighted by Gasteiger charge is 2.42. The maximum atomic E-state index is 12.2. The predicted octanol–water partition coefficient (Wildman–Crippen LogP) is 1.35. The summed E-state index contributed by atoms with van der Waals surface area (Å²) in [4.78, 5) is 46.1. The molecule has 1 aromatic rings. The van der Waals surface area contributed by atoms with E-state index in [1.54, 1.807) is 0 Å². The topological polar surface area (TPSA) is 138 Å². The summed E-state index contributed by atoms with van der Waals surface area (Å²) < 4.78 is 0. The van der Waals surface area contributed by atoms with Gasteiger partial charge in [-0.1, -0.05) is 12.1 Å². The first-order valence-electron chi connectivity index (χ1n) is 6.95. The Morgan fingerprint density at radius 1 is 1.38 bits per heavy atom. The van der Waals surface area contributed by atoms with Crippen LogP contribution in [0.5, 0.6) is 0 Å². The number of nitro groups is 1. The molecule has 1 heterocycles. The lowest BCUT2D eigenvalue weighted by Gasteiger charge is -2.25. The number of carboxylic acid groups (broad SMARTS) is 1. The number of nitrogens with zero attached hydrogens (tertiary/aromatic N) is 2. The van der Waals surface area contributed by atoms with E-state index in [1.165, 1.54) is 24.3 Å². The minimum Gasteiger partial charge on any atom is -0.503 e. The first-order chi connectivity index (χ1) is 11.2. The number of amides is 1. The molecule has 9 heteroatoms. The standard InChI is InChI=1S/C15H14N2O7/c1-8(18)12-13(9-3-2-4-10(7-9)17(23)24)16(6-5-11(19)20)15(22)14(12)21/h2-4,7,13,21H,5-6H2,1H3,(H,19,20)/t13-/m0/s1. The number of aliphatic carboxylic acids is 1. The van der Waals surface area contributed by atoms with Crippen LogP contribution in [0.15, 0.2) is 35.6 Å². The molecule has 0 bridgehead atoms. The van der Waals surface area contributed by atoms with Crippen molar-refractivity contribution >= 4 is 23.3 Å². The van der Waals surface area contributed by atoms with Gasteiger partial charge in [-0.25, -0.2) is 0 Å². The molecule has 1 amide bonds. The highest BCUT2D eigenvalue weighted by Crippen LogP contribution is 2.38. The molecule has 0 aromatic heterocycles. The van der Waals surface area contributed by atoms with Gasteiger partial charge in [-0.2, -0.15) is 0 Å². The molecular weight excluding hydrogens is 320 g/mol. The summed E-state index contributed by atoms with van der Waals surface area (Å²) in [5, 5.41) is 29.7. The van der Waals surface area contributed by atoms with E-state index in [0.29, 0.717) is 0 Å². The van der Waals surface area contributed by atoms with E-state index in [2.05, 4.69) is 0 Å². The average Bonchev–Trinajstić information content (AvgIpc) is 2.77. The Morgan fingerprint density at radius 3 is 2.58 bits per heavy atom. The van der Waals surface area contributed by atoms with Crippen molar-refractivity contribution in [2.45, 2.75) is 19.4 Å². The van der Waals surface area contributed by atoms with Crippen molar-refractivity contribution in [3.8, 4) is 0 Å². The fourth-order valence-electron chi connectivity index (χ4n) is 2.61.